The van der Waals surface area contributed by atoms with E-state index in [4.69, 9.17) is 0 Å². The van der Waals surface area contributed by atoms with Crippen molar-refractivity contribution in [1.82, 2.24) is 0 Å². The molecule has 1 nitrogen and oxygen atoms in total. The Kier molecular flexibility index (Phi) is 5.96. The summed E-state index contributed by atoms with van der Waals surface area (Å²) < 4.78 is 38.1. The summed E-state index contributed by atoms with van der Waals surface area (Å²) in [6.45, 7) is 0. The zero-order valence-corrected chi connectivity index (χ0v) is 27.7. The van der Waals surface area contributed by atoms with Gasteiger partial charge in [-0.05, 0) is 107 Å². The van der Waals surface area contributed by atoms with E-state index in [9.17, 15) is 5.48 Å². The third-order valence-corrected chi connectivity index (χ3v) is 10.1. The van der Waals surface area contributed by atoms with Crippen LogP contribution in [0.3, 0.4) is 0 Å². The quantitative estimate of drug-likeness (QED) is 0.167. The van der Waals surface area contributed by atoms with Gasteiger partial charge in [0.1, 0.15) is 0 Å². The molecule has 10 aromatic rings. The predicted molar refractivity (Wildman–Crippen MR) is 220 cm³/mol. The van der Waals surface area contributed by atoms with E-state index in [1.807, 2.05) is 83.8 Å². The lowest BCUT2D eigenvalue weighted by Gasteiger charge is -2.28. The van der Waals surface area contributed by atoms with Gasteiger partial charge in [0.05, 0.1) is 11.2 Å². The molecule has 0 bridgehead atoms. The average molecular weight is 652 g/mol. The second-order valence-corrected chi connectivity index (χ2v) is 13.0. The maximum absolute atomic E-state index is 9.62. The van der Waals surface area contributed by atoms with Gasteiger partial charge < -0.3 is 4.90 Å². The molecule has 0 aliphatic heterocycles. The van der Waals surface area contributed by atoms with Crippen LogP contribution in [0.4, 0.5) is 17.1 Å². The van der Waals surface area contributed by atoms with E-state index in [1.165, 1.54) is 21.5 Å². The number of fused-ring (bicyclic) bond motifs is 7. The van der Waals surface area contributed by atoms with Gasteiger partial charge in [0.15, 0.2) is 0 Å². The maximum Gasteiger partial charge on any atom is 0.0645 e. The Morgan fingerprint density at radius 1 is 0.314 bits per heavy atom. The molecular formula is C50H33N. The summed E-state index contributed by atoms with van der Waals surface area (Å²) in [5.74, 6) is 0. The summed E-state index contributed by atoms with van der Waals surface area (Å²) in [6, 6.07) is 59.4. The van der Waals surface area contributed by atoms with Gasteiger partial charge in [0, 0.05) is 16.8 Å². The van der Waals surface area contributed by atoms with E-state index in [0.717, 1.165) is 54.8 Å². The van der Waals surface area contributed by atoms with Crippen molar-refractivity contribution in [3.8, 4) is 22.3 Å². The topological polar surface area (TPSA) is 3.24 Å². The van der Waals surface area contributed by atoms with Gasteiger partial charge in [-0.15, -0.1) is 0 Å². The van der Waals surface area contributed by atoms with Crippen molar-refractivity contribution in [3.63, 3.8) is 0 Å². The minimum absolute atomic E-state index is 0.0811. The third kappa shape index (κ3) is 5.02. The second kappa shape index (κ2) is 12.0. The third-order valence-electron chi connectivity index (χ3n) is 10.1. The molecule has 0 aromatic heterocycles. The summed E-state index contributed by atoms with van der Waals surface area (Å²) in [4.78, 5) is 1.92. The summed E-state index contributed by atoms with van der Waals surface area (Å²) in [5, 5.41) is 10.8. The fraction of sp³-hybridized carbons (Fsp3) is 0. The Balaban J connectivity index is 1.20. The van der Waals surface area contributed by atoms with Crippen LogP contribution in [-0.4, -0.2) is 0 Å². The molecule has 1 heteroatoms. The van der Waals surface area contributed by atoms with Crippen LogP contribution in [0, 0.1) is 0 Å². The Hall–Kier alpha value is -6.70. The molecule has 0 N–H and O–H groups in total. The van der Waals surface area contributed by atoms with Crippen LogP contribution in [0.2, 0.25) is 0 Å². The fourth-order valence-electron chi connectivity index (χ4n) is 7.59. The lowest BCUT2D eigenvalue weighted by molar-refractivity contribution is 1.30. The lowest BCUT2D eigenvalue weighted by Crippen LogP contribution is -2.10. The van der Waals surface area contributed by atoms with Crippen LogP contribution < -0.4 is 4.90 Å². The molecule has 0 radical (unpaired) electrons. The van der Waals surface area contributed by atoms with Crippen LogP contribution in [0.25, 0.3) is 76.1 Å². The Labute approximate surface area is 302 Å². The zero-order chi connectivity index (χ0) is 37.2. The van der Waals surface area contributed by atoms with Crippen LogP contribution in [0.1, 0.15) is 5.48 Å². The number of hydrogen-bond donors (Lipinski definition) is 0. The highest BCUT2D eigenvalue weighted by atomic mass is 15.1. The molecule has 0 fully saturated rings. The average Bonchev–Trinajstić information content (AvgIpc) is 3.24. The van der Waals surface area contributed by atoms with Gasteiger partial charge in [-0.2, -0.15) is 0 Å². The van der Waals surface area contributed by atoms with E-state index in [0.29, 0.717) is 5.56 Å². The van der Waals surface area contributed by atoms with Crippen LogP contribution in [-0.2, 0) is 0 Å². The van der Waals surface area contributed by atoms with Crippen molar-refractivity contribution in [1.29, 1.82) is 0 Å². The standard InChI is InChI=1S/C50H33N/c1-4-14-43-35(10-1)13-9-19-44(43)37-26-30-42(31-27-37)51(50-33-40-12-3-6-16-46(40)47-17-7-8-18-48(47)50)41-28-24-34(25-29-41)39-23-22-38-21-20-36-11-2-5-15-45(36)49(38)32-39/h1-33H/i26D,27D,30D,31D. The van der Waals surface area contributed by atoms with E-state index in [-0.39, 0.29) is 35.4 Å². The maximum atomic E-state index is 9.62. The molecule has 0 saturated heterocycles. The Bertz CT molecular complexity index is 3120. The SMILES string of the molecule is [2H]c1c([2H])c(N(c2ccc(-c3ccc4ccc5ccccc5c4c3)cc2)c2cc3ccccc3c3ccccc23)c([2H])c([2H])c1-c1cccc2ccccc12. The van der Waals surface area contributed by atoms with Gasteiger partial charge in [-0.25, -0.2) is 0 Å². The summed E-state index contributed by atoms with van der Waals surface area (Å²) in [7, 11) is 0. The van der Waals surface area contributed by atoms with E-state index < -0.39 is 0 Å². The van der Waals surface area contributed by atoms with E-state index in [2.05, 4.69) is 97.1 Å². The molecule has 0 unspecified atom stereocenters. The summed E-state index contributed by atoms with van der Waals surface area (Å²) in [6.07, 6.45) is 0. The molecule has 10 aromatic carbocycles. The van der Waals surface area contributed by atoms with Crippen LogP contribution in [0.5, 0.6) is 0 Å². The van der Waals surface area contributed by atoms with Crippen LogP contribution in [0.15, 0.2) is 200 Å². The predicted octanol–water partition coefficient (Wildman–Crippen LogP) is 14.3. The molecule has 0 saturated carbocycles. The zero-order valence-electron chi connectivity index (χ0n) is 31.7. The molecule has 51 heavy (non-hydrogen) atoms. The minimum atomic E-state index is -0.105. The first kappa shape index (κ1) is 25.3. The number of benzene rings is 10. The van der Waals surface area contributed by atoms with Crippen molar-refractivity contribution in [3.05, 3.63) is 200 Å². The van der Waals surface area contributed by atoms with E-state index >= 15 is 0 Å². The van der Waals surface area contributed by atoms with Gasteiger partial charge in [0.2, 0.25) is 0 Å². The van der Waals surface area contributed by atoms with Gasteiger partial charge in [0.25, 0.3) is 0 Å². The highest BCUT2D eigenvalue weighted by Crippen LogP contribution is 2.43. The Morgan fingerprint density at radius 2 is 0.843 bits per heavy atom. The highest BCUT2D eigenvalue weighted by molar-refractivity contribution is 6.15. The summed E-state index contributed by atoms with van der Waals surface area (Å²) in [5.41, 5.74) is 4.79. The lowest BCUT2D eigenvalue weighted by atomic mass is 9.96. The molecular weight excluding hydrogens is 615 g/mol. The molecule has 0 aliphatic rings. The van der Waals surface area contributed by atoms with Crippen molar-refractivity contribution in [2.75, 3.05) is 4.90 Å². The number of hydrogen-bond acceptors (Lipinski definition) is 1. The first-order valence-electron chi connectivity index (χ1n) is 19.3. The first-order chi connectivity index (χ1) is 27.0. The molecule has 0 amide bonds. The van der Waals surface area contributed by atoms with Gasteiger partial charge in [-0.3, -0.25) is 0 Å². The van der Waals surface area contributed by atoms with Gasteiger partial charge in [-0.1, -0.05) is 164 Å². The molecule has 0 atom stereocenters. The normalized spacial score (nSPS) is 12.6. The Morgan fingerprint density at radius 3 is 1.59 bits per heavy atom. The fourth-order valence-corrected chi connectivity index (χ4v) is 7.59. The number of rotatable bonds is 5. The summed E-state index contributed by atoms with van der Waals surface area (Å²) >= 11 is 0. The number of anilines is 3. The number of nitrogens with zero attached hydrogens (tertiary/aromatic N) is 1. The first-order valence-corrected chi connectivity index (χ1v) is 17.3. The van der Waals surface area contributed by atoms with Gasteiger partial charge >= 0.3 is 0 Å². The smallest absolute Gasteiger partial charge is 0.0645 e. The molecule has 10 rings (SSSR count). The molecule has 0 heterocycles. The molecule has 0 aliphatic carbocycles. The van der Waals surface area contributed by atoms with Crippen LogP contribution >= 0.6 is 0 Å². The highest BCUT2D eigenvalue weighted by Gasteiger charge is 2.18. The van der Waals surface area contributed by atoms with Crippen molar-refractivity contribution < 1.29 is 5.48 Å². The molecule has 238 valence electrons. The minimum Gasteiger partial charge on any atom is -0.310 e. The van der Waals surface area contributed by atoms with Crippen molar-refractivity contribution in [2.24, 2.45) is 0 Å². The van der Waals surface area contributed by atoms with E-state index in [1.54, 1.807) is 0 Å². The van der Waals surface area contributed by atoms with Crippen molar-refractivity contribution >= 4 is 70.9 Å². The van der Waals surface area contributed by atoms with Crippen molar-refractivity contribution in [2.45, 2.75) is 0 Å². The largest absolute Gasteiger partial charge is 0.310 e. The molecule has 0 spiro atoms. The second-order valence-electron chi connectivity index (χ2n) is 13.0. The monoisotopic (exact) mass is 651 g/mol.